The van der Waals surface area contributed by atoms with Gasteiger partial charge in [0.05, 0.1) is 0 Å². The Morgan fingerprint density at radius 3 is 1.16 bits per heavy atom. The van der Waals surface area contributed by atoms with Crippen molar-refractivity contribution in [3.05, 3.63) is 171 Å². The molecule has 0 saturated heterocycles. The van der Waals surface area contributed by atoms with Gasteiger partial charge in [-0.1, -0.05) is 36.8 Å². The van der Waals surface area contributed by atoms with Crippen LogP contribution in [-0.4, -0.2) is 208 Å². The number of unbranched alkanes of at least 4 members (excludes halogenated alkanes) is 1. The second-order valence-corrected chi connectivity index (χ2v) is 19.2. The van der Waals surface area contributed by atoms with Crippen molar-refractivity contribution in [1.82, 2.24) is 70.3 Å². The normalized spacial score (nSPS) is 12.0. The number of carboxylic acids is 1. The van der Waals surface area contributed by atoms with Gasteiger partial charge in [-0.25, -0.2) is 0 Å². The zero-order valence-electron chi connectivity index (χ0n) is 46.2. The number of hydrogen-bond donors (Lipinski definition) is 13. The maximum atomic E-state index is 13.3. The molecular weight excluding hydrogens is 1120 g/mol. The summed E-state index contributed by atoms with van der Waals surface area (Å²) in [6.45, 7) is 1.01. The van der Waals surface area contributed by atoms with Crippen LogP contribution in [0, 0.1) is 0 Å². The highest BCUT2D eigenvalue weighted by atomic mass is 16.5. The number of aliphatic carboxylic acids is 1. The van der Waals surface area contributed by atoms with Gasteiger partial charge < -0.3 is 62.8 Å². The van der Waals surface area contributed by atoms with Crippen LogP contribution in [0.1, 0.15) is 92.4 Å². The Balaban J connectivity index is 1.41. The van der Waals surface area contributed by atoms with Crippen LogP contribution in [0.2, 0.25) is 0 Å². The molecule has 460 valence electrons. The second kappa shape index (κ2) is 33.5. The molecule has 0 radical (unpaired) electrons. The predicted octanol–water partition coefficient (Wildman–Crippen LogP) is -3.20. The molecule has 2 atom stereocenters. The standard InChI is InChI=1S/C53H70N14O18/c68-42(15-8-21-48(74)75)54-22-2-1-9-36(59-53(80)41-14-7-20-47(73)67(41)85)35-62(30-26-58-52(79)40-13-6-19-46(72)66(40)84)34-33-61(29-25-57-51(78)39-12-5-18-45(71)65(39)83)32-31-60(27-23-55-49(76)37-10-3-16-43(69)63(37)81)28-24-56-50(77)38-11-4-17-44(70)64(38)82/h3-7,10-14,16-20,36,53,59,80-85H,1-2,8-9,15,21-35H2,(H,54,68)(H,55,76)(H,56,77)(H,57,78)(H,58,79)(H,74,75). The molecule has 5 rings (SSSR count). The van der Waals surface area contributed by atoms with E-state index in [0.717, 1.165) is 30.3 Å². The summed E-state index contributed by atoms with van der Waals surface area (Å²) in [5, 5.41) is 88.4. The van der Waals surface area contributed by atoms with Crippen molar-refractivity contribution >= 4 is 35.5 Å². The average Bonchev–Trinajstić information content (AvgIpc) is 3.66. The van der Waals surface area contributed by atoms with Crippen molar-refractivity contribution < 1.29 is 65.0 Å². The Morgan fingerprint density at radius 1 is 0.412 bits per heavy atom. The minimum atomic E-state index is -1.62. The summed E-state index contributed by atoms with van der Waals surface area (Å²) in [6, 6.07) is 17.3. The van der Waals surface area contributed by atoms with Crippen LogP contribution < -0.4 is 59.7 Å². The molecule has 0 saturated carbocycles. The lowest BCUT2D eigenvalue weighted by molar-refractivity contribution is -0.137. The number of nitrogens with one attached hydrogen (secondary N) is 6. The highest BCUT2D eigenvalue weighted by molar-refractivity contribution is 5.93. The van der Waals surface area contributed by atoms with Crippen molar-refractivity contribution in [2.45, 2.75) is 50.8 Å². The van der Waals surface area contributed by atoms with Gasteiger partial charge in [0.1, 0.15) is 34.7 Å². The van der Waals surface area contributed by atoms with Gasteiger partial charge in [0, 0.05) is 141 Å². The molecule has 5 amide bonds. The van der Waals surface area contributed by atoms with Gasteiger partial charge in [-0.3, -0.25) is 72.8 Å². The molecular formula is C53H70N14O18. The number of nitrogens with zero attached hydrogens (tertiary/aromatic N) is 8. The maximum absolute atomic E-state index is 13.3. The van der Waals surface area contributed by atoms with Gasteiger partial charge in [0.25, 0.3) is 51.4 Å². The number of carbonyl (C=O) groups excluding carboxylic acids is 5. The lowest BCUT2D eigenvalue weighted by atomic mass is 10.1. The molecule has 0 fully saturated rings. The van der Waals surface area contributed by atoms with E-state index in [1.807, 2.05) is 14.7 Å². The molecule has 85 heavy (non-hydrogen) atoms. The van der Waals surface area contributed by atoms with Crippen molar-refractivity contribution in [3.8, 4) is 0 Å². The summed E-state index contributed by atoms with van der Waals surface area (Å²) >= 11 is 0. The van der Waals surface area contributed by atoms with Crippen molar-refractivity contribution in [1.29, 1.82) is 0 Å². The topological polar surface area (TPSA) is 436 Å². The van der Waals surface area contributed by atoms with Gasteiger partial charge in [0.2, 0.25) is 5.91 Å². The van der Waals surface area contributed by atoms with E-state index in [2.05, 4.69) is 31.9 Å². The zero-order chi connectivity index (χ0) is 62.0. The van der Waals surface area contributed by atoms with Crippen LogP contribution in [0.3, 0.4) is 0 Å². The molecule has 0 aliphatic heterocycles. The second-order valence-electron chi connectivity index (χ2n) is 19.2. The highest BCUT2D eigenvalue weighted by Gasteiger charge is 2.24. The van der Waals surface area contributed by atoms with E-state index in [-0.39, 0.29) is 169 Å². The average molecular weight is 1190 g/mol. The molecule has 0 bridgehead atoms. The van der Waals surface area contributed by atoms with Crippen LogP contribution >= 0.6 is 0 Å². The summed E-state index contributed by atoms with van der Waals surface area (Å²) in [4.78, 5) is 143. The van der Waals surface area contributed by atoms with Crippen LogP contribution in [-0.2, 0) is 9.59 Å². The lowest BCUT2D eigenvalue weighted by Gasteiger charge is -2.33. The molecule has 13 N–H and O–H groups in total. The number of rotatable bonds is 36. The van der Waals surface area contributed by atoms with E-state index in [1.54, 1.807) is 0 Å². The Hall–Kier alpha value is -9.63. The number of hydrogen-bond acceptors (Lipinski definition) is 21. The number of aliphatic hydroxyl groups excluding tert-OH is 1. The number of amides is 5. The Labute approximate surface area is 483 Å². The van der Waals surface area contributed by atoms with Crippen molar-refractivity contribution in [3.63, 3.8) is 0 Å². The third-order valence-corrected chi connectivity index (χ3v) is 13.2. The van der Waals surface area contributed by atoms with E-state index in [9.17, 15) is 83.9 Å². The predicted molar refractivity (Wildman–Crippen MR) is 298 cm³/mol. The molecule has 5 aromatic heterocycles. The first kappa shape index (κ1) is 66.2. The maximum Gasteiger partial charge on any atom is 0.303 e. The van der Waals surface area contributed by atoms with E-state index >= 15 is 0 Å². The molecule has 2 unspecified atom stereocenters. The number of carboxylic acid groups (broad SMARTS) is 1. The Morgan fingerprint density at radius 2 is 0.765 bits per heavy atom. The van der Waals surface area contributed by atoms with Crippen LogP contribution in [0.25, 0.3) is 0 Å². The molecule has 5 aromatic rings. The number of pyridine rings is 5. The summed E-state index contributed by atoms with van der Waals surface area (Å²) in [6.07, 6.45) is -0.508. The van der Waals surface area contributed by atoms with Crippen LogP contribution in [0.5, 0.6) is 0 Å². The van der Waals surface area contributed by atoms with Crippen LogP contribution in [0.15, 0.2) is 115 Å². The zero-order valence-corrected chi connectivity index (χ0v) is 46.2. The fraction of sp³-hybridized carbons (Fsp3) is 0.415. The van der Waals surface area contributed by atoms with Gasteiger partial charge in [-0.2, -0.15) is 0 Å². The quantitative estimate of drug-likeness (QED) is 0.0107. The minimum absolute atomic E-state index is 0.000920. The molecule has 32 nitrogen and oxygen atoms in total. The number of carbonyl (C=O) groups is 6. The molecule has 0 aliphatic carbocycles. The third-order valence-electron chi connectivity index (χ3n) is 13.2. The van der Waals surface area contributed by atoms with E-state index in [0.29, 0.717) is 19.3 Å². The SMILES string of the molecule is O=C(O)CCCC(=O)NCCCCC(CN(CCNC(=O)c1cccc(=O)n1O)CCN(CCNC(=O)c1cccc(=O)n1O)CCN(CCNC(=O)c1cccc(=O)n1O)CCNC(=O)c1cccc(=O)n1O)NC(O)c1cccc(=O)n1O. The van der Waals surface area contributed by atoms with Crippen molar-refractivity contribution in [2.24, 2.45) is 0 Å². The monoisotopic (exact) mass is 1190 g/mol. The molecule has 0 aliphatic rings. The molecule has 0 aromatic carbocycles. The molecule has 32 heteroatoms. The van der Waals surface area contributed by atoms with Gasteiger partial charge in [-0.15, -0.1) is 23.7 Å². The van der Waals surface area contributed by atoms with Crippen LogP contribution in [0.4, 0.5) is 0 Å². The molecule has 0 spiro atoms. The van der Waals surface area contributed by atoms with Gasteiger partial charge in [-0.05, 0) is 49.6 Å². The van der Waals surface area contributed by atoms with E-state index in [4.69, 9.17) is 5.11 Å². The number of aromatic nitrogens is 5. The van der Waals surface area contributed by atoms with E-state index in [1.165, 1.54) is 60.7 Å². The fourth-order valence-corrected chi connectivity index (χ4v) is 8.60. The van der Waals surface area contributed by atoms with Gasteiger partial charge in [0.15, 0.2) is 0 Å². The summed E-state index contributed by atoms with van der Waals surface area (Å²) in [5.74, 6) is -4.57. The van der Waals surface area contributed by atoms with Gasteiger partial charge >= 0.3 is 5.97 Å². The van der Waals surface area contributed by atoms with E-state index < -0.39 is 69.7 Å². The summed E-state index contributed by atoms with van der Waals surface area (Å²) in [7, 11) is 0. The molecule has 5 heterocycles. The first-order valence-electron chi connectivity index (χ1n) is 26.9. The third kappa shape index (κ3) is 20.9. The smallest absolute Gasteiger partial charge is 0.303 e. The summed E-state index contributed by atoms with van der Waals surface area (Å²) < 4.78 is 1.02. The van der Waals surface area contributed by atoms with Crippen molar-refractivity contribution in [2.75, 3.05) is 91.6 Å². The first-order valence-corrected chi connectivity index (χ1v) is 26.9. The fourth-order valence-electron chi connectivity index (χ4n) is 8.60. The first-order chi connectivity index (χ1) is 40.6. The largest absolute Gasteiger partial charge is 0.481 e. The number of aliphatic hydroxyl groups is 1. The Bertz CT molecular complexity index is 3320. The Kier molecular flexibility index (Phi) is 26.1. The lowest BCUT2D eigenvalue weighted by Crippen LogP contribution is -2.49. The minimum Gasteiger partial charge on any atom is -0.481 e. The highest BCUT2D eigenvalue weighted by Crippen LogP contribution is 2.13. The summed E-state index contributed by atoms with van der Waals surface area (Å²) in [5.41, 5.74) is -5.85.